The fourth-order valence-electron chi connectivity index (χ4n) is 4.21. The van der Waals surface area contributed by atoms with Gasteiger partial charge in [0.05, 0.1) is 17.3 Å². The smallest absolute Gasteiger partial charge is 0.320 e. The molecule has 0 saturated carbocycles. The topological polar surface area (TPSA) is 97.2 Å². The van der Waals surface area contributed by atoms with Gasteiger partial charge in [-0.3, -0.25) is 9.69 Å². The molecule has 0 bridgehead atoms. The molecule has 37 heavy (non-hydrogen) atoms. The summed E-state index contributed by atoms with van der Waals surface area (Å²) in [4.78, 5) is 24.0. The number of carbonyl (C=O) groups is 1. The number of hydrogen-bond donors (Lipinski definition) is 2. The van der Waals surface area contributed by atoms with Crippen LogP contribution in [0.5, 0.6) is 6.01 Å². The monoisotopic (exact) mass is 501 g/mol. The lowest BCUT2D eigenvalue weighted by Gasteiger charge is -2.20. The van der Waals surface area contributed by atoms with Crippen molar-refractivity contribution in [3.05, 3.63) is 65.9 Å². The van der Waals surface area contributed by atoms with Gasteiger partial charge in [0.1, 0.15) is 12.4 Å². The number of para-hydroxylation sites is 1. The second kappa shape index (κ2) is 12.3. The molecule has 1 amide bonds. The van der Waals surface area contributed by atoms with Crippen molar-refractivity contribution >= 4 is 28.4 Å². The first-order chi connectivity index (χ1) is 18.0. The molecule has 0 spiro atoms. The number of nitrogens with one attached hydrogen (secondary N) is 2. The molecular weight excluding hydrogens is 466 g/mol. The van der Waals surface area contributed by atoms with Gasteiger partial charge in [-0.1, -0.05) is 38.1 Å². The highest BCUT2D eigenvalue weighted by Crippen LogP contribution is 2.29. The molecule has 2 aromatic heterocycles. The third-order valence-corrected chi connectivity index (χ3v) is 6.11. The van der Waals surface area contributed by atoms with Gasteiger partial charge in [-0.05, 0) is 62.7 Å². The van der Waals surface area contributed by atoms with Gasteiger partial charge < -0.3 is 15.4 Å². The number of nitrogens with zero attached hydrogens (tertiary/aromatic N) is 5. The van der Waals surface area contributed by atoms with E-state index in [0.29, 0.717) is 23.6 Å². The number of hydrogen-bond acceptors (Lipinski definition) is 7. The SMILES string of the molecule is CCCN(CCC)CCOc1nc(Nc2cc(C(=O)NC)ccc2C)c2cnn(-c3ccccc3)c2n1. The fourth-order valence-corrected chi connectivity index (χ4v) is 4.21. The summed E-state index contributed by atoms with van der Waals surface area (Å²) in [7, 11) is 1.62. The summed E-state index contributed by atoms with van der Waals surface area (Å²) in [6.07, 6.45) is 3.94. The zero-order valence-electron chi connectivity index (χ0n) is 22.0. The molecule has 194 valence electrons. The second-order valence-electron chi connectivity index (χ2n) is 8.91. The lowest BCUT2D eigenvalue weighted by Crippen LogP contribution is -2.30. The largest absolute Gasteiger partial charge is 0.462 e. The lowest BCUT2D eigenvalue weighted by atomic mass is 10.1. The van der Waals surface area contributed by atoms with Crippen LogP contribution < -0.4 is 15.4 Å². The third-order valence-electron chi connectivity index (χ3n) is 6.11. The maximum atomic E-state index is 12.2. The summed E-state index contributed by atoms with van der Waals surface area (Å²) >= 11 is 0. The Hall–Kier alpha value is -3.98. The van der Waals surface area contributed by atoms with Gasteiger partial charge in [0, 0.05) is 24.8 Å². The van der Waals surface area contributed by atoms with Gasteiger partial charge in [-0.2, -0.15) is 15.1 Å². The van der Waals surface area contributed by atoms with Crippen molar-refractivity contribution in [3.63, 3.8) is 0 Å². The van der Waals surface area contributed by atoms with Crippen LogP contribution in [0.2, 0.25) is 0 Å². The Balaban J connectivity index is 1.70. The first-order valence-electron chi connectivity index (χ1n) is 12.8. The summed E-state index contributed by atoms with van der Waals surface area (Å²) in [5, 5.41) is 11.4. The van der Waals surface area contributed by atoms with Crippen molar-refractivity contribution < 1.29 is 9.53 Å². The van der Waals surface area contributed by atoms with Crippen LogP contribution in [-0.2, 0) is 0 Å². The van der Waals surface area contributed by atoms with E-state index in [1.54, 1.807) is 24.0 Å². The van der Waals surface area contributed by atoms with Gasteiger partial charge in [-0.25, -0.2) is 4.68 Å². The number of anilines is 2. The molecule has 2 N–H and O–H groups in total. The van der Waals surface area contributed by atoms with Crippen LogP contribution >= 0.6 is 0 Å². The number of benzene rings is 2. The molecule has 2 aromatic carbocycles. The molecule has 0 saturated heterocycles. The Labute approximate surface area is 217 Å². The fraction of sp³-hybridized carbons (Fsp3) is 0.357. The highest BCUT2D eigenvalue weighted by molar-refractivity contribution is 5.96. The minimum atomic E-state index is -0.152. The van der Waals surface area contributed by atoms with Gasteiger partial charge in [0.25, 0.3) is 5.91 Å². The summed E-state index contributed by atoms with van der Waals surface area (Å²) in [5.74, 6) is 0.416. The van der Waals surface area contributed by atoms with Crippen LogP contribution in [0, 0.1) is 6.92 Å². The average molecular weight is 502 g/mol. The molecule has 9 nitrogen and oxygen atoms in total. The van der Waals surface area contributed by atoms with E-state index in [9.17, 15) is 4.79 Å². The zero-order chi connectivity index (χ0) is 26.2. The summed E-state index contributed by atoms with van der Waals surface area (Å²) in [6.45, 7) is 9.70. The molecule has 2 heterocycles. The molecule has 0 unspecified atom stereocenters. The van der Waals surface area contributed by atoms with E-state index in [4.69, 9.17) is 14.7 Å². The predicted octanol–water partition coefficient (Wildman–Crippen LogP) is 4.73. The summed E-state index contributed by atoms with van der Waals surface area (Å²) in [6, 6.07) is 15.7. The number of rotatable bonds is 12. The molecular formula is C28H35N7O2. The van der Waals surface area contributed by atoms with Crippen LogP contribution in [0.15, 0.2) is 54.7 Å². The Kier molecular flexibility index (Phi) is 8.68. The molecule has 0 fully saturated rings. The number of ether oxygens (including phenoxy) is 1. The molecule has 0 atom stereocenters. The summed E-state index contributed by atoms with van der Waals surface area (Å²) in [5.41, 5.74) is 3.84. The van der Waals surface area contributed by atoms with E-state index < -0.39 is 0 Å². The van der Waals surface area contributed by atoms with Crippen LogP contribution in [0.25, 0.3) is 16.7 Å². The van der Waals surface area contributed by atoms with Crippen LogP contribution in [0.3, 0.4) is 0 Å². The van der Waals surface area contributed by atoms with Gasteiger partial charge in [0.2, 0.25) is 0 Å². The number of aryl methyl sites for hydroxylation is 1. The van der Waals surface area contributed by atoms with E-state index in [0.717, 1.165) is 54.8 Å². The molecule has 4 aromatic rings. The minimum Gasteiger partial charge on any atom is -0.462 e. The normalized spacial score (nSPS) is 11.2. The Bertz CT molecular complexity index is 1330. The molecule has 0 aliphatic carbocycles. The van der Waals surface area contributed by atoms with E-state index in [1.807, 2.05) is 49.4 Å². The second-order valence-corrected chi connectivity index (χ2v) is 8.91. The van der Waals surface area contributed by atoms with E-state index in [2.05, 4.69) is 34.5 Å². The van der Waals surface area contributed by atoms with Crippen LogP contribution in [-0.4, -0.2) is 63.8 Å². The van der Waals surface area contributed by atoms with Gasteiger partial charge in [-0.15, -0.1) is 0 Å². The van der Waals surface area contributed by atoms with E-state index in [1.165, 1.54) is 0 Å². The molecule has 9 heteroatoms. The van der Waals surface area contributed by atoms with E-state index in [-0.39, 0.29) is 11.9 Å². The van der Waals surface area contributed by atoms with Gasteiger partial charge >= 0.3 is 6.01 Å². The van der Waals surface area contributed by atoms with Crippen molar-refractivity contribution in [2.45, 2.75) is 33.6 Å². The van der Waals surface area contributed by atoms with Gasteiger partial charge in [0.15, 0.2) is 5.65 Å². The maximum absolute atomic E-state index is 12.2. The first kappa shape index (κ1) is 26.1. The molecule has 0 aliphatic heterocycles. The Morgan fingerprint density at radius 2 is 1.78 bits per heavy atom. The van der Waals surface area contributed by atoms with Crippen LogP contribution in [0.4, 0.5) is 11.5 Å². The standard InChI is InChI=1S/C28H35N7O2/c1-5-14-34(15-6-2)16-17-37-28-32-25(31-24-18-21(27(36)29-4)13-12-20(24)3)23-19-30-35(26(23)33-28)22-10-8-7-9-11-22/h7-13,18-19H,5-6,14-17H2,1-4H3,(H,29,36)(H,31,32,33). The van der Waals surface area contributed by atoms with Crippen molar-refractivity contribution in [1.29, 1.82) is 0 Å². The first-order valence-corrected chi connectivity index (χ1v) is 12.8. The minimum absolute atomic E-state index is 0.152. The third kappa shape index (κ3) is 6.24. The van der Waals surface area contributed by atoms with Crippen LogP contribution in [0.1, 0.15) is 42.6 Å². The average Bonchev–Trinajstić information content (AvgIpc) is 3.34. The van der Waals surface area contributed by atoms with Crippen molar-refractivity contribution in [3.8, 4) is 11.7 Å². The quantitative estimate of drug-likeness (QED) is 0.290. The highest BCUT2D eigenvalue weighted by atomic mass is 16.5. The zero-order valence-corrected chi connectivity index (χ0v) is 22.0. The molecule has 4 rings (SSSR count). The Morgan fingerprint density at radius 1 is 1.03 bits per heavy atom. The summed E-state index contributed by atoms with van der Waals surface area (Å²) < 4.78 is 7.86. The highest BCUT2D eigenvalue weighted by Gasteiger charge is 2.17. The Morgan fingerprint density at radius 3 is 2.49 bits per heavy atom. The maximum Gasteiger partial charge on any atom is 0.320 e. The lowest BCUT2D eigenvalue weighted by molar-refractivity contribution is 0.0963. The van der Waals surface area contributed by atoms with E-state index >= 15 is 0 Å². The molecule has 0 aliphatic rings. The number of fused-ring (bicyclic) bond motifs is 1. The number of aromatic nitrogens is 4. The van der Waals surface area contributed by atoms with Crippen molar-refractivity contribution in [2.24, 2.45) is 0 Å². The van der Waals surface area contributed by atoms with Crippen molar-refractivity contribution in [2.75, 3.05) is 38.6 Å². The number of amides is 1. The molecule has 0 radical (unpaired) electrons. The van der Waals surface area contributed by atoms with Crippen molar-refractivity contribution in [1.82, 2.24) is 30.0 Å². The predicted molar refractivity (Wildman–Crippen MR) is 147 cm³/mol. The number of carbonyl (C=O) groups excluding carboxylic acids is 1.